The van der Waals surface area contributed by atoms with E-state index in [1.54, 1.807) is 38.4 Å². The maximum Gasteiger partial charge on any atom is 0.573 e. The number of carbonyl (C=O) groups excluding carboxylic acids is 3. The topological polar surface area (TPSA) is 84.9 Å². The van der Waals surface area contributed by atoms with Crippen LogP contribution in [0.4, 0.5) is 18.9 Å². The average Bonchev–Trinajstić information content (AvgIpc) is 2.70. The summed E-state index contributed by atoms with van der Waals surface area (Å²) in [5.41, 5.74) is 1.31. The van der Waals surface area contributed by atoms with Crippen LogP contribution >= 0.6 is 0 Å². The maximum absolute atomic E-state index is 12.1. The van der Waals surface area contributed by atoms with E-state index in [4.69, 9.17) is 4.74 Å². The lowest BCUT2D eigenvalue weighted by molar-refractivity contribution is -0.274. The Labute approximate surface area is 176 Å². The van der Waals surface area contributed by atoms with Gasteiger partial charge in [-0.05, 0) is 48.0 Å². The second-order valence-corrected chi connectivity index (χ2v) is 6.38. The second-order valence-electron chi connectivity index (χ2n) is 6.38. The lowest BCUT2D eigenvalue weighted by Crippen LogP contribution is -2.22. The third kappa shape index (κ3) is 8.21. The Kier molecular flexibility index (Phi) is 7.78. The fourth-order valence-corrected chi connectivity index (χ4v) is 2.28. The number of alkyl halides is 3. The third-order valence-electron chi connectivity index (χ3n) is 3.69. The monoisotopic (exact) mass is 436 g/mol. The highest BCUT2D eigenvalue weighted by molar-refractivity contribution is 5.96. The summed E-state index contributed by atoms with van der Waals surface area (Å²) < 4.78 is 44.9. The van der Waals surface area contributed by atoms with Crippen LogP contribution in [0, 0.1) is 0 Å². The molecule has 0 unspecified atom stereocenters. The minimum Gasteiger partial charge on any atom is -0.452 e. The zero-order valence-corrected chi connectivity index (χ0v) is 16.6. The van der Waals surface area contributed by atoms with E-state index in [2.05, 4.69) is 10.1 Å². The van der Waals surface area contributed by atoms with Crippen molar-refractivity contribution >= 4 is 29.5 Å². The first-order valence-electron chi connectivity index (χ1n) is 8.86. The lowest BCUT2D eigenvalue weighted by Gasteiger charge is -2.11. The van der Waals surface area contributed by atoms with Crippen LogP contribution in [0.25, 0.3) is 6.08 Å². The van der Waals surface area contributed by atoms with Gasteiger partial charge in [0.05, 0.1) is 0 Å². The molecule has 31 heavy (non-hydrogen) atoms. The largest absolute Gasteiger partial charge is 0.573 e. The van der Waals surface area contributed by atoms with Crippen LogP contribution < -0.4 is 10.1 Å². The molecule has 0 fully saturated rings. The SMILES string of the molecule is CN(C)C(=O)c1ccc(NC(=O)COC(=O)/C=C/c2ccc(OC(F)(F)F)cc2)cc1. The Morgan fingerprint density at radius 2 is 1.61 bits per heavy atom. The van der Waals surface area contributed by atoms with Gasteiger partial charge in [-0.15, -0.1) is 13.2 Å². The molecule has 0 aliphatic heterocycles. The molecule has 0 atom stereocenters. The van der Waals surface area contributed by atoms with Gasteiger partial charge in [0.15, 0.2) is 6.61 Å². The molecule has 0 bridgehead atoms. The summed E-state index contributed by atoms with van der Waals surface area (Å²) in [5, 5.41) is 2.52. The molecule has 2 rings (SSSR count). The Hall–Kier alpha value is -3.82. The number of hydrogen-bond donors (Lipinski definition) is 1. The van der Waals surface area contributed by atoms with Gasteiger partial charge in [0.2, 0.25) is 0 Å². The number of anilines is 1. The van der Waals surface area contributed by atoms with Gasteiger partial charge < -0.3 is 19.7 Å². The molecule has 0 aliphatic rings. The summed E-state index contributed by atoms with van der Waals surface area (Å²) in [6.45, 7) is -0.542. The van der Waals surface area contributed by atoms with E-state index in [-0.39, 0.29) is 11.7 Å². The number of halogens is 3. The van der Waals surface area contributed by atoms with E-state index >= 15 is 0 Å². The highest BCUT2D eigenvalue weighted by Gasteiger charge is 2.30. The van der Waals surface area contributed by atoms with Gasteiger partial charge in [-0.3, -0.25) is 9.59 Å². The summed E-state index contributed by atoms with van der Waals surface area (Å²) in [7, 11) is 3.25. The van der Waals surface area contributed by atoms with Gasteiger partial charge in [0, 0.05) is 31.4 Å². The number of hydrogen-bond acceptors (Lipinski definition) is 5. The normalized spacial score (nSPS) is 11.1. The van der Waals surface area contributed by atoms with Crippen LogP contribution in [-0.2, 0) is 14.3 Å². The van der Waals surface area contributed by atoms with Gasteiger partial charge in [0.1, 0.15) is 5.75 Å². The highest BCUT2D eigenvalue weighted by Crippen LogP contribution is 2.23. The highest BCUT2D eigenvalue weighted by atomic mass is 19.4. The van der Waals surface area contributed by atoms with Crippen LogP contribution in [0.2, 0.25) is 0 Å². The molecule has 2 amide bonds. The number of benzene rings is 2. The first-order valence-corrected chi connectivity index (χ1v) is 8.86. The van der Waals surface area contributed by atoms with E-state index in [1.165, 1.54) is 23.1 Å². The standard InChI is InChI=1S/C21H19F3N2O5/c1-26(2)20(29)15-6-8-16(9-7-15)25-18(27)13-30-19(28)12-5-14-3-10-17(11-4-14)31-21(22,23)24/h3-12H,13H2,1-2H3,(H,25,27)/b12-5+. The number of carbonyl (C=O) groups is 3. The minimum atomic E-state index is -4.78. The van der Waals surface area contributed by atoms with Crippen molar-refractivity contribution in [2.75, 3.05) is 26.0 Å². The molecule has 2 aromatic rings. The smallest absolute Gasteiger partial charge is 0.452 e. The fourth-order valence-electron chi connectivity index (χ4n) is 2.28. The molecule has 0 saturated heterocycles. The van der Waals surface area contributed by atoms with Gasteiger partial charge in [-0.2, -0.15) is 0 Å². The zero-order valence-electron chi connectivity index (χ0n) is 16.6. The molecule has 0 saturated carbocycles. The molecular weight excluding hydrogens is 417 g/mol. The van der Waals surface area contributed by atoms with Crippen molar-refractivity contribution in [2.45, 2.75) is 6.36 Å². The van der Waals surface area contributed by atoms with Gasteiger partial charge >= 0.3 is 12.3 Å². The number of nitrogens with one attached hydrogen (secondary N) is 1. The number of nitrogens with zero attached hydrogens (tertiary/aromatic N) is 1. The van der Waals surface area contributed by atoms with Crippen molar-refractivity contribution in [1.29, 1.82) is 0 Å². The number of rotatable bonds is 7. The maximum atomic E-state index is 12.1. The van der Waals surface area contributed by atoms with E-state index in [0.717, 1.165) is 18.2 Å². The predicted molar refractivity (Wildman–Crippen MR) is 106 cm³/mol. The molecule has 0 aromatic heterocycles. The predicted octanol–water partition coefficient (Wildman–Crippen LogP) is 3.48. The Morgan fingerprint density at radius 1 is 1.00 bits per heavy atom. The van der Waals surface area contributed by atoms with Crippen molar-refractivity contribution in [1.82, 2.24) is 4.90 Å². The molecular formula is C21H19F3N2O5. The molecule has 164 valence electrons. The molecule has 7 nitrogen and oxygen atoms in total. The van der Waals surface area contributed by atoms with E-state index < -0.39 is 24.8 Å². The average molecular weight is 436 g/mol. The molecule has 0 heterocycles. The van der Waals surface area contributed by atoms with E-state index in [0.29, 0.717) is 16.8 Å². The van der Waals surface area contributed by atoms with Gasteiger partial charge in [-0.1, -0.05) is 12.1 Å². The number of esters is 1. The summed E-state index contributed by atoms with van der Waals surface area (Å²) >= 11 is 0. The van der Waals surface area contributed by atoms with E-state index in [9.17, 15) is 27.6 Å². The lowest BCUT2D eigenvalue weighted by atomic mass is 10.2. The summed E-state index contributed by atoms with van der Waals surface area (Å²) in [6.07, 6.45) is -2.43. The number of ether oxygens (including phenoxy) is 2. The van der Waals surface area contributed by atoms with Crippen molar-refractivity contribution < 1.29 is 37.0 Å². The Bertz CT molecular complexity index is 952. The van der Waals surface area contributed by atoms with Gasteiger partial charge in [-0.25, -0.2) is 4.79 Å². The molecule has 0 spiro atoms. The minimum absolute atomic E-state index is 0.180. The van der Waals surface area contributed by atoms with Crippen molar-refractivity contribution in [3.05, 3.63) is 65.7 Å². The van der Waals surface area contributed by atoms with Crippen molar-refractivity contribution in [3.63, 3.8) is 0 Å². The first-order chi connectivity index (χ1) is 14.5. The van der Waals surface area contributed by atoms with Crippen LogP contribution in [-0.4, -0.2) is 49.7 Å². The Balaban J connectivity index is 1.80. The summed E-state index contributed by atoms with van der Waals surface area (Å²) in [4.78, 5) is 36.8. The Morgan fingerprint density at radius 3 is 2.16 bits per heavy atom. The van der Waals surface area contributed by atoms with Crippen LogP contribution in [0.3, 0.4) is 0 Å². The molecule has 2 aromatic carbocycles. The quantitative estimate of drug-likeness (QED) is 0.531. The molecule has 10 heteroatoms. The molecule has 1 N–H and O–H groups in total. The molecule has 0 aliphatic carbocycles. The first kappa shape index (κ1) is 23.5. The second kappa shape index (κ2) is 10.3. The van der Waals surface area contributed by atoms with Gasteiger partial charge in [0.25, 0.3) is 11.8 Å². The fraction of sp³-hybridized carbons (Fsp3) is 0.190. The number of amides is 2. The van der Waals surface area contributed by atoms with E-state index in [1.807, 2.05) is 0 Å². The van der Waals surface area contributed by atoms with Crippen LogP contribution in [0.15, 0.2) is 54.6 Å². The van der Waals surface area contributed by atoms with Crippen molar-refractivity contribution in [3.8, 4) is 5.75 Å². The van der Waals surface area contributed by atoms with Crippen LogP contribution in [0.5, 0.6) is 5.75 Å². The summed E-state index contributed by atoms with van der Waals surface area (Å²) in [6, 6.07) is 11.0. The zero-order chi connectivity index (χ0) is 23.0. The summed E-state index contributed by atoms with van der Waals surface area (Å²) in [5.74, 6) is -1.95. The molecule has 0 radical (unpaired) electrons. The van der Waals surface area contributed by atoms with Crippen molar-refractivity contribution in [2.24, 2.45) is 0 Å². The third-order valence-corrected chi connectivity index (χ3v) is 3.69. The van der Waals surface area contributed by atoms with Crippen LogP contribution in [0.1, 0.15) is 15.9 Å².